The van der Waals surface area contributed by atoms with Gasteiger partial charge >= 0.3 is 27.7 Å². The average molecular weight is 542 g/mol. The SMILES string of the molecule is [C-]=O.[C-]=O.[CH2-]CBr.[Cl][Re].c1ccc(-c2ccccn2)nc1. The molecule has 7 heteroatoms. The molecule has 0 spiro atoms. The molecule has 2 rings (SSSR count). The van der Waals surface area contributed by atoms with Gasteiger partial charge < -0.3 is 30.1 Å². The van der Waals surface area contributed by atoms with Crippen molar-refractivity contribution < 1.29 is 27.8 Å². The van der Waals surface area contributed by atoms with Crippen LogP contribution in [-0.4, -0.2) is 28.9 Å². The first-order chi connectivity index (χ1) is 10.4. The monoisotopic (exact) mass is 541 g/mol. The minimum absolute atomic E-state index is 0.812. The summed E-state index contributed by atoms with van der Waals surface area (Å²) in [6.45, 7) is 12.4. The van der Waals surface area contributed by atoms with E-state index in [4.69, 9.17) is 19.1 Å². The van der Waals surface area contributed by atoms with E-state index in [0.717, 1.165) is 16.7 Å². The number of halogens is 2. The predicted molar refractivity (Wildman–Crippen MR) is 83.9 cm³/mol. The van der Waals surface area contributed by atoms with Crippen LogP contribution in [0.5, 0.6) is 0 Å². The van der Waals surface area contributed by atoms with Crippen molar-refractivity contribution in [1.29, 1.82) is 0 Å². The second-order valence-corrected chi connectivity index (χ2v) is 3.41. The second-order valence-electron chi connectivity index (χ2n) is 2.62. The fourth-order valence-electron chi connectivity index (χ4n) is 1.03. The Balaban J connectivity index is -0.000000308. The molecular formula is C14H12BrClN2O2Re-3. The van der Waals surface area contributed by atoms with E-state index in [2.05, 4.69) is 46.4 Å². The minimum atomic E-state index is 0.812. The summed E-state index contributed by atoms with van der Waals surface area (Å²) in [6, 6.07) is 11.6. The van der Waals surface area contributed by atoms with E-state index in [1.165, 1.54) is 18.2 Å². The van der Waals surface area contributed by atoms with Crippen molar-refractivity contribution in [2.45, 2.75) is 0 Å². The van der Waals surface area contributed by atoms with Crippen LogP contribution < -0.4 is 0 Å². The van der Waals surface area contributed by atoms with Crippen molar-refractivity contribution in [3.05, 3.63) is 55.7 Å². The first-order valence-electron chi connectivity index (χ1n) is 5.11. The molecule has 0 N–H and O–H groups in total. The van der Waals surface area contributed by atoms with E-state index in [1.54, 1.807) is 12.4 Å². The zero-order valence-corrected chi connectivity index (χ0v) is 15.9. The molecule has 0 aliphatic carbocycles. The van der Waals surface area contributed by atoms with Gasteiger partial charge in [0.15, 0.2) is 0 Å². The summed E-state index contributed by atoms with van der Waals surface area (Å²) < 4.78 is 0. The molecule has 0 saturated heterocycles. The molecule has 2 heterocycles. The molecule has 0 aliphatic rings. The molecule has 0 unspecified atom stereocenters. The van der Waals surface area contributed by atoms with E-state index in [-0.39, 0.29) is 0 Å². The Bertz CT molecular complexity index is 371. The fourth-order valence-corrected chi connectivity index (χ4v) is 1.03. The van der Waals surface area contributed by atoms with Gasteiger partial charge in [-0.3, -0.25) is 9.97 Å². The minimum Gasteiger partial charge on any atom is -0.255 e. The van der Waals surface area contributed by atoms with Crippen LogP contribution in [0.4, 0.5) is 0 Å². The molecule has 2 radical (unpaired) electrons. The number of pyridine rings is 2. The van der Waals surface area contributed by atoms with Crippen LogP contribution in [0, 0.1) is 6.92 Å². The Hall–Kier alpha value is -0.928. The van der Waals surface area contributed by atoms with Crippen LogP contribution in [0.25, 0.3) is 11.4 Å². The summed E-state index contributed by atoms with van der Waals surface area (Å²) in [5.41, 5.74) is 1.83. The van der Waals surface area contributed by atoms with Crippen molar-refractivity contribution >= 4 is 39.0 Å². The molecule has 114 valence electrons. The van der Waals surface area contributed by atoms with Crippen molar-refractivity contribution in [2.75, 3.05) is 5.33 Å². The first kappa shape index (κ1) is 25.1. The summed E-state index contributed by atoms with van der Waals surface area (Å²) in [4.78, 5) is 23.4. The second kappa shape index (κ2) is 24.1. The Morgan fingerprint density at radius 1 is 0.952 bits per heavy atom. The maximum atomic E-state index is 7.50. The summed E-state index contributed by atoms with van der Waals surface area (Å²) >= 11 is 4.23. The van der Waals surface area contributed by atoms with Gasteiger partial charge in [-0.05, 0) is 24.3 Å². The van der Waals surface area contributed by atoms with Crippen LogP contribution >= 0.6 is 25.5 Å². The smallest absolute Gasteiger partial charge is 0.0886 e. The van der Waals surface area contributed by atoms with E-state index in [0.29, 0.717) is 0 Å². The summed E-state index contributed by atoms with van der Waals surface area (Å²) in [7, 11) is 4.69. The van der Waals surface area contributed by atoms with E-state index >= 15 is 0 Å². The molecule has 2 aromatic rings. The Morgan fingerprint density at radius 2 is 1.24 bits per heavy atom. The van der Waals surface area contributed by atoms with Gasteiger partial charge in [-0.25, -0.2) is 0 Å². The topological polar surface area (TPSA) is 59.9 Å². The van der Waals surface area contributed by atoms with Gasteiger partial charge in [0.05, 0.1) is 11.4 Å². The molecule has 0 bridgehead atoms. The van der Waals surface area contributed by atoms with Crippen LogP contribution in [0.3, 0.4) is 0 Å². The molecule has 4 nitrogen and oxygen atoms in total. The van der Waals surface area contributed by atoms with Gasteiger partial charge in [-0.2, -0.15) is 0 Å². The third-order valence-corrected chi connectivity index (χ3v) is 1.59. The van der Waals surface area contributed by atoms with E-state index in [9.17, 15) is 0 Å². The van der Waals surface area contributed by atoms with Crippen LogP contribution in [-0.2, 0) is 27.8 Å². The maximum absolute atomic E-state index is 7.50. The van der Waals surface area contributed by atoms with Crippen molar-refractivity contribution in [3.63, 3.8) is 0 Å². The number of alkyl halides is 1. The summed E-state index contributed by atoms with van der Waals surface area (Å²) in [5.74, 6) is 0. The molecule has 0 aliphatic heterocycles. The van der Waals surface area contributed by atoms with Gasteiger partial charge in [0.1, 0.15) is 0 Å². The van der Waals surface area contributed by atoms with Crippen molar-refractivity contribution in [2.24, 2.45) is 0 Å². The molecule has 0 saturated carbocycles. The van der Waals surface area contributed by atoms with Crippen LogP contribution in [0.15, 0.2) is 48.8 Å². The number of aromatic nitrogens is 2. The Labute approximate surface area is 148 Å². The van der Waals surface area contributed by atoms with Crippen molar-refractivity contribution in [3.8, 4) is 11.4 Å². The van der Waals surface area contributed by atoms with E-state index < -0.39 is 0 Å². The third-order valence-electron chi connectivity index (χ3n) is 1.59. The van der Waals surface area contributed by atoms with E-state index in [1.807, 2.05) is 36.4 Å². The largest absolute Gasteiger partial charge is 0.255 e. The molecule has 0 fully saturated rings. The van der Waals surface area contributed by atoms with Gasteiger partial charge in [0.2, 0.25) is 0 Å². The van der Waals surface area contributed by atoms with Crippen LogP contribution in [0.2, 0.25) is 0 Å². The molecule has 0 amide bonds. The fraction of sp³-hybridized carbons (Fsp3) is 0.0714. The average Bonchev–Trinajstić information content (AvgIpc) is 2.62. The predicted octanol–water partition coefficient (Wildman–Crippen LogP) is 3.25. The quantitative estimate of drug-likeness (QED) is 0.411. The number of hydrogen-bond donors (Lipinski definition) is 0. The molecule has 0 atom stereocenters. The third kappa shape index (κ3) is 15.3. The maximum Gasteiger partial charge on any atom is 0.0886 e. The van der Waals surface area contributed by atoms with Gasteiger partial charge in [0, 0.05) is 12.4 Å². The number of carbonyl (C=O) groups excluding carboxylic acids is 2. The standard InChI is InChI=1S/C10H8N2.C2H4Br.2CO.ClH.Re/c1-3-7-11-9(5-1)10-6-2-4-8-12-10;1-2-3;2*1-2;;/h1-8H;1-2H2;;;1H;/q;3*-1;;+1/p-1. The zero-order chi connectivity index (χ0) is 16.9. The molecular weight excluding hydrogens is 530 g/mol. The normalized spacial score (nSPS) is 7.05. The summed E-state index contributed by atoms with van der Waals surface area (Å²) in [6.07, 6.45) is 3.54. The molecule has 21 heavy (non-hydrogen) atoms. The molecule has 2 aromatic heterocycles. The van der Waals surface area contributed by atoms with Crippen LogP contribution in [0.1, 0.15) is 0 Å². The van der Waals surface area contributed by atoms with Crippen molar-refractivity contribution in [1.82, 2.24) is 9.97 Å². The van der Waals surface area contributed by atoms with Gasteiger partial charge in [-0.15, -0.1) is 21.3 Å². The number of nitrogens with zero attached hydrogens (tertiary/aromatic N) is 2. The molecule has 0 aromatic carbocycles. The first-order valence-corrected chi connectivity index (χ1v) is 9.60. The number of rotatable bonds is 1. The zero-order valence-electron chi connectivity index (χ0n) is 10.9. The van der Waals surface area contributed by atoms with Gasteiger partial charge in [-0.1, -0.05) is 12.1 Å². The summed E-state index contributed by atoms with van der Waals surface area (Å²) in [5, 5.41) is 0.812. The Kier molecular flexibility index (Phi) is 28.8. The number of hydrogen-bond acceptors (Lipinski definition) is 4. The van der Waals surface area contributed by atoms with Gasteiger partial charge in [0.25, 0.3) is 0 Å². The Morgan fingerprint density at radius 3 is 1.43 bits per heavy atom.